The van der Waals surface area contributed by atoms with E-state index in [0.717, 1.165) is 42.8 Å². The van der Waals surface area contributed by atoms with Gasteiger partial charge in [0.1, 0.15) is 5.75 Å². The molecule has 1 aromatic rings. The van der Waals surface area contributed by atoms with Crippen molar-refractivity contribution in [2.24, 2.45) is 5.92 Å². The summed E-state index contributed by atoms with van der Waals surface area (Å²) < 4.78 is 5.73. The Labute approximate surface area is 127 Å². The van der Waals surface area contributed by atoms with Crippen molar-refractivity contribution in [3.8, 4) is 5.75 Å². The lowest BCUT2D eigenvalue weighted by Gasteiger charge is -2.32. The molecule has 0 bridgehead atoms. The Morgan fingerprint density at radius 3 is 2.90 bits per heavy atom. The quantitative estimate of drug-likeness (QED) is 0.783. The van der Waals surface area contributed by atoms with Gasteiger partial charge in [-0.3, -0.25) is 0 Å². The summed E-state index contributed by atoms with van der Waals surface area (Å²) >= 11 is 5.85. The van der Waals surface area contributed by atoms with Gasteiger partial charge in [-0.25, -0.2) is 0 Å². The van der Waals surface area contributed by atoms with E-state index >= 15 is 0 Å². The van der Waals surface area contributed by atoms with Crippen molar-refractivity contribution in [1.82, 2.24) is 10.2 Å². The zero-order valence-corrected chi connectivity index (χ0v) is 13.0. The van der Waals surface area contributed by atoms with Crippen LogP contribution in [0.15, 0.2) is 24.3 Å². The SMILES string of the molecule is CNCC1CCCN(CCCOc2ccc(Cl)cc2)C1. The maximum absolute atomic E-state index is 5.85. The van der Waals surface area contributed by atoms with Crippen molar-refractivity contribution in [3.05, 3.63) is 29.3 Å². The normalized spacial score (nSPS) is 20.0. The average molecular weight is 297 g/mol. The standard InChI is InChI=1S/C16H25ClN2O/c1-18-12-14-4-2-9-19(13-14)10-3-11-20-16-7-5-15(17)6-8-16/h5-8,14,18H,2-4,9-13H2,1H3. The molecule has 1 aliphatic rings. The second-order valence-electron chi connectivity index (χ2n) is 5.52. The first kappa shape index (κ1) is 15.6. The maximum Gasteiger partial charge on any atom is 0.119 e. The highest BCUT2D eigenvalue weighted by molar-refractivity contribution is 6.30. The molecular formula is C16H25ClN2O. The van der Waals surface area contributed by atoms with E-state index in [4.69, 9.17) is 16.3 Å². The summed E-state index contributed by atoms with van der Waals surface area (Å²) in [6.07, 6.45) is 3.76. The number of hydrogen-bond donors (Lipinski definition) is 1. The minimum Gasteiger partial charge on any atom is -0.494 e. The summed E-state index contributed by atoms with van der Waals surface area (Å²) in [5.41, 5.74) is 0. The molecule has 1 atom stereocenters. The van der Waals surface area contributed by atoms with Crippen LogP contribution in [0, 0.1) is 5.92 Å². The monoisotopic (exact) mass is 296 g/mol. The van der Waals surface area contributed by atoms with Crippen LogP contribution < -0.4 is 10.1 Å². The van der Waals surface area contributed by atoms with Crippen LogP contribution in [-0.2, 0) is 0 Å². The Morgan fingerprint density at radius 2 is 2.15 bits per heavy atom. The van der Waals surface area contributed by atoms with Crippen molar-refractivity contribution in [1.29, 1.82) is 0 Å². The van der Waals surface area contributed by atoms with Crippen molar-refractivity contribution < 1.29 is 4.74 Å². The third-order valence-corrected chi connectivity index (χ3v) is 4.05. The molecule has 112 valence electrons. The molecule has 0 aromatic heterocycles. The molecule has 0 spiro atoms. The fraction of sp³-hybridized carbons (Fsp3) is 0.625. The first-order valence-corrected chi connectivity index (χ1v) is 7.91. The summed E-state index contributed by atoms with van der Waals surface area (Å²) in [5.74, 6) is 1.71. The van der Waals surface area contributed by atoms with E-state index < -0.39 is 0 Å². The number of likely N-dealkylation sites (tertiary alicyclic amines) is 1. The second-order valence-corrected chi connectivity index (χ2v) is 5.96. The predicted octanol–water partition coefficient (Wildman–Crippen LogP) is 3.04. The highest BCUT2D eigenvalue weighted by Crippen LogP contribution is 2.17. The average Bonchev–Trinajstić information content (AvgIpc) is 2.46. The van der Waals surface area contributed by atoms with Gasteiger partial charge < -0.3 is 15.0 Å². The number of rotatable bonds is 7. The Bertz CT molecular complexity index is 381. The number of benzene rings is 1. The lowest BCUT2D eigenvalue weighted by Crippen LogP contribution is -2.39. The highest BCUT2D eigenvalue weighted by Gasteiger charge is 2.18. The minimum atomic E-state index is 0.751. The van der Waals surface area contributed by atoms with Crippen LogP contribution in [0.4, 0.5) is 0 Å². The van der Waals surface area contributed by atoms with E-state index in [1.54, 1.807) is 0 Å². The fourth-order valence-electron chi connectivity index (χ4n) is 2.82. The number of nitrogens with one attached hydrogen (secondary N) is 1. The molecule has 1 heterocycles. The molecule has 1 fully saturated rings. The Kier molecular flexibility index (Phi) is 6.64. The first-order valence-electron chi connectivity index (χ1n) is 7.53. The molecule has 1 N–H and O–H groups in total. The second kappa shape index (κ2) is 8.50. The summed E-state index contributed by atoms with van der Waals surface area (Å²) in [7, 11) is 2.04. The number of piperidine rings is 1. The van der Waals surface area contributed by atoms with E-state index in [-0.39, 0.29) is 0 Å². The molecule has 0 saturated carbocycles. The molecule has 4 heteroatoms. The lowest BCUT2D eigenvalue weighted by molar-refractivity contribution is 0.161. The molecular weight excluding hydrogens is 272 g/mol. The Hall–Kier alpha value is -0.770. The van der Waals surface area contributed by atoms with E-state index in [2.05, 4.69) is 10.2 Å². The molecule has 1 aromatic carbocycles. The number of ether oxygens (including phenoxy) is 1. The molecule has 0 amide bonds. The summed E-state index contributed by atoms with van der Waals surface area (Å²) in [5, 5.41) is 4.04. The van der Waals surface area contributed by atoms with Gasteiger partial charge in [0.05, 0.1) is 6.61 Å². The molecule has 0 radical (unpaired) electrons. The first-order chi connectivity index (χ1) is 9.78. The minimum absolute atomic E-state index is 0.751. The lowest BCUT2D eigenvalue weighted by atomic mass is 9.98. The third kappa shape index (κ3) is 5.31. The van der Waals surface area contributed by atoms with E-state index in [1.165, 1.54) is 25.9 Å². The number of nitrogens with zero attached hydrogens (tertiary/aromatic N) is 1. The summed E-state index contributed by atoms with van der Waals surface area (Å²) in [6, 6.07) is 7.58. The van der Waals surface area contributed by atoms with Crippen LogP contribution in [0.5, 0.6) is 5.75 Å². The van der Waals surface area contributed by atoms with Gasteiger partial charge in [-0.05, 0) is 69.6 Å². The zero-order valence-electron chi connectivity index (χ0n) is 12.3. The zero-order chi connectivity index (χ0) is 14.2. The molecule has 0 aliphatic carbocycles. The van der Waals surface area contributed by atoms with Crippen LogP contribution in [0.2, 0.25) is 5.02 Å². The van der Waals surface area contributed by atoms with Crippen LogP contribution in [0.3, 0.4) is 0 Å². The topological polar surface area (TPSA) is 24.5 Å². The maximum atomic E-state index is 5.85. The van der Waals surface area contributed by atoms with Gasteiger partial charge in [-0.2, -0.15) is 0 Å². The van der Waals surface area contributed by atoms with E-state index in [9.17, 15) is 0 Å². The number of halogens is 1. The Morgan fingerprint density at radius 1 is 1.35 bits per heavy atom. The van der Waals surface area contributed by atoms with Crippen molar-refractivity contribution >= 4 is 11.6 Å². The number of hydrogen-bond acceptors (Lipinski definition) is 3. The van der Waals surface area contributed by atoms with Gasteiger partial charge in [0, 0.05) is 18.1 Å². The van der Waals surface area contributed by atoms with Gasteiger partial charge >= 0.3 is 0 Å². The molecule has 20 heavy (non-hydrogen) atoms. The molecule has 2 rings (SSSR count). The highest BCUT2D eigenvalue weighted by atomic mass is 35.5. The Balaban J connectivity index is 1.62. The van der Waals surface area contributed by atoms with Crippen molar-refractivity contribution in [3.63, 3.8) is 0 Å². The summed E-state index contributed by atoms with van der Waals surface area (Å²) in [4.78, 5) is 2.57. The predicted molar refractivity (Wildman–Crippen MR) is 84.7 cm³/mol. The fourth-order valence-corrected chi connectivity index (χ4v) is 2.94. The smallest absolute Gasteiger partial charge is 0.119 e. The van der Waals surface area contributed by atoms with Gasteiger partial charge in [0.2, 0.25) is 0 Å². The largest absolute Gasteiger partial charge is 0.494 e. The molecule has 3 nitrogen and oxygen atoms in total. The van der Waals surface area contributed by atoms with Crippen LogP contribution in [-0.4, -0.2) is 44.7 Å². The van der Waals surface area contributed by atoms with E-state index in [0.29, 0.717) is 0 Å². The third-order valence-electron chi connectivity index (χ3n) is 3.80. The van der Waals surface area contributed by atoms with Crippen LogP contribution in [0.25, 0.3) is 0 Å². The van der Waals surface area contributed by atoms with Gasteiger partial charge in [-0.15, -0.1) is 0 Å². The van der Waals surface area contributed by atoms with Gasteiger partial charge in [-0.1, -0.05) is 11.6 Å². The molecule has 1 saturated heterocycles. The van der Waals surface area contributed by atoms with Crippen molar-refractivity contribution in [2.45, 2.75) is 19.3 Å². The van der Waals surface area contributed by atoms with E-state index in [1.807, 2.05) is 31.3 Å². The van der Waals surface area contributed by atoms with Crippen LogP contribution in [0.1, 0.15) is 19.3 Å². The molecule has 1 aliphatic heterocycles. The van der Waals surface area contributed by atoms with Crippen molar-refractivity contribution in [2.75, 3.05) is 39.8 Å². The van der Waals surface area contributed by atoms with Gasteiger partial charge in [0.25, 0.3) is 0 Å². The van der Waals surface area contributed by atoms with Crippen LogP contribution >= 0.6 is 11.6 Å². The van der Waals surface area contributed by atoms with Gasteiger partial charge in [0.15, 0.2) is 0 Å². The summed E-state index contributed by atoms with van der Waals surface area (Å²) in [6.45, 7) is 5.50. The molecule has 1 unspecified atom stereocenters.